The van der Waals surface area contributed by atoms with Crippen LogP contribution in [0.3, 0.4) is 0 Å². The fraction of sp³-hybridized carbons (Fsp3) is 0.160. The third kappa shape index (κ3) is 4.01. The summed E-state index contributed by atoms with van der Waals surface area (Å²) in [5.41, 5.74) is 4.53. The Hall–Kier alpha value is -3.73. The van der Waals surface area contributed by atoms with Gasteiger partial charge in [0.1, 0.15) is 0 Å². The van der Waals surface area contributed by atoms with Crippen molar-refractivity contribution in [2.75, 3.05) is 7.05 Å². The van der Waals surface area contributed by atoms with Crippen molar-refractivity contribution in [1.82, 2.24) is 15.1 Å². The van der Waals surface area contributed by atoms with Gasteiger partial charge in [0.15, 0.2) is 0 Å². The first-order valence-corrected chi connectivity index (χ1v) is 9.86. The van der Waals surface area contributed by atoms with E-state index in [4.69, 9.17) is 4.42 Å². The lowest BCUT2D eigenvalue weighted by Crippen LogP contribution is -2.29. The van der Waals surface area contributed by atoms with Crippen LogP contribution in [0.4, 0.5) is 0 Å². The van der Waals surface area contributed by atoms with E-state index >= 15 is 0 Å². The van der Waals surface area contributed by atoms with Crippen molar-refractivity contribution in [3.05, 3.63) is 95.6 Å². The van der Waals surface area contributed by atoms with E-state index in [1.807, 2.05) is 87.6 Å². The molecule has 1 aromatic heterocycles. The molecular weight excluding hydrogens is 374 g/mol. The second-order valence-electron chi connectivity index (χ2n) is 7.36. The molecule has 150 valence electrons. The van der Waals surface area contributed by atoms with E-state index in [-0.39, 0.29) is 11.9 Å². The summed E-state index contributed by atoms with van der Waals surface area (Å²) in [6, 6.07) is 25.1. The smallest absolute Gasteiger partial charge is 0.254 e. The van der Waals surface area contributed by atoms with Crippen molar-refractivity contribution in [3.63, 3.8) is 0 Å². The first kappa shape index (κ1) is 19.6. The highest BCUT2D eigenvalue weighted by molar-refractivity contribution is 5.94. The van der Waals surface area contributed by atoms with Crippen LogP contribution in [0.2, 0.25) is 0 Å². The summed E-state index contributed by atoms with van der Waals surface area (Å²) in [5.74, 6) is 0.862. The third-order valence-corrected chi connectivity index (χ3v) is 5.29. The summed E-state index contributed by atoms with van der Waals surface area (Å²) in [6.45, 7) is 4.05. The molecule has 30 heavy (non-hydrogen) atoms. The van der Waals surface area contributed by atoms with Gasteiger partial charge in [0, 0.05) is 23.7 Å². The van der Waals surface area contributed by atoms with Gasteiger partial charge < -0.3 is 9.32 Å². The third-order valence-electron chi connectivity index (χ3n) is 5.29. The Morgan fingerprint density at radius 1 is 0.833 bits per heavy atom. The second-order valence-corrected chi connectivity index (χ2v) is 7.36. The van der Waals surface area contributed by atoms with Crippen molar-refractivity contribution < 1.29 is 9.21 Å². The molecule has 5 heteroatoms. The molecule has 3 aromatic carbocycles. The van der Waals surface area contributed by atoms with Gasteiger partial charge >= 0.3 is 0 Å². The number of carbonyl (C=O) groups excluding carboxylic acids is 1. The van der Waals surface area contributed by atoms with Crippen molar-refractivity contribution >= 4 is 5.91 Å². The molecule has 1 amide bonds. The van der Waals surface area contributed by atoms with E-state index in [2.05, 4.69) is 10.2 Å². The number of hydrogen-bond acceptors (Lipinski definition) is 4. The Balaban J connectivity index is 1.50. The summed E-state index contributed by atoms with van der Waals surface area (Å²) in [5, 5.41) is 8.29. The van der Waals surface area contributed by atoms with Crippen LogP contribution >= 0.6 is 0 Å². The fourth-order valence-corrected chi connectivity index (χ4v) is 3.24. The Bertz CT molecular complexity index is 1130. The van der Waals surface area contributed by atoms with E-state index in [1.165, 1.54) is 5.56 Å². The summed E-state index contributed by atoms with van der Waals surface area (Å²) in [6.07, 6.45) is 0. The van der Waals surface area contributed by atoms with Gasteiger partial charge in [0.05, 0.1) is 6.04 Å². The number of aromatic nitrogens is 2. The zero-order valence-corrected chi connectivity index (χ0v) is 17.2. The number of nitrogens with zero attached hydrogens (tertiary/aromatic N) is 3. The Morgan fingerprint density at radius 3 is 1.93 bits per heavy atom. The summed E-state index contributed by atoms with van der Waals surface area (Å²) >= 11 is 0. The molecule has 1 heterocycles. The van der Waals surface area contributed by atoms with Gasteiger partial charge in [-0.25, -0.2) is 0 Å². The molecule has 0 spiro atoms. The molecule has 0 saturated carbocycles. The predicted octanol–water partition coefficient (Wildman–Crippen LogP) is 5.55. The maximum absolute atomic E-state index is 12.9. The van der Waals surface area contributed by atoms with Crippen LogP contribution in [-0.2, 0) is 0 Å². The molecule has 0 aliphatic rings. The summed E-state index contributed by atoms with van der Waals surface area (Å²) < 4.78 is 5.82. The van der Waals surface area contributed by atoms with Gasteiger partial charge in [-0.3, -0.25) is 4.79 Å². The molecule has 0 aliphatic carbocycles. The van der Waals surface area contributed by atoms with Gasteiger partial charge in [-0.1, -0.05) is 48.0 Å². The van der Waals surface area contributed by atoms with E-state index in [0.717, 1.165) is 16.7 Å². The normalized spacial score (nSPS) is 11.8. The van der Waals surface area contributed by atoms with Crippen LogP contribution in [0.5, 0.6) is 0 Å². The highest BCUT2D eigenvalue weighted by Crippen LogP contribution is 2.25. The minimum absolute atomic E-state index is 0.0219. The largest absolute Gasteiger partial charge is 0.416 e. The van der Waals surface area contributed by atoms with Gasteiger partial charge in [-0.2, -0.15) is 0 Å². The lowest BCUT2D eigenvalue weighted by Gasteiger charge is -2.25. The molecule has 0 N–H and O–H groups in total. The Kier molecular flexibility index (Phi) is 5.44. The van der Waals surface area contributed by atoms with Gasteiger partial charge in [0.25, 0.3) is 5.91 Å². The Labute approximate surface area is 176 Å². The van der Waals surface area contributed by atoms with Crippen LogP contribution in [0, 0.1) is 6.92 Å². The van der Waals surface area contributed by atoms with E-state index < -0.39 is 0 Å². The van der Waals surface area contributed by atoms with Crippen LogP contribution in [0.1, 0.15) is 34.5 Å². The van der Waals surface area contributed by atoms with Crippen molar-refractivity contribution in [2.24, 2.45) is 0 Å². The molecule has 0 saturated heterocycles. The molecule has 0 radical (unpaired) electrons. The molecular formula is C25H23N3O2. The molecule has 1 atom stereocenters. The average molecular weight is 397 g/mol. The number of amides is 1. The lowest BCUT2D eigenvalue weighted by molar-refractivity contribution is 0.0742. The number of hydrogen-bond donors (Lipinski definition) is 0. The van der Waals surface area contributed by atoms with Crippen LogP contribution in [0.15, 0.2) is 83.3 Å². The average Bonchev–Trinajstić information content (AvgIpc) is 3.29. The van der Waals surface area contributed by atoms with E-state index in [0.29, 0.717) is 17.3 Å². The predicted molar refractivity (Wildman–Crippen MR) is 117 cm³/mol. The van der Waals surface area contributed by atoms with Crippen LogP contribution in [0.25, 0.3) is 22.9 Å². The lowest BCUT2D eigenvalue weighted by atomic mass is 10.1. The zero-order chi connectivity index (χ0) is 21.1. The topological polar surface area (TPSA) is 59.2 Å². The SMILES string of the molecule is Cc1ccc(-c2nnc(-c3ccc(C(=O)N(C)[C@@H](C)c4ccccc4)cc3)o2)cc1. The van der Waals surface area contributed by atoms with Crippen LogP contribution < -0.4 is 0 Å². The zero-order valence-electron chi connectivity index (χ0n) is 17.2. The minimum Gasteiger partial charge on any atom is -0.416 e. The molecule has 4 rings (SSSR count). The number of rotatable bonds is 5. The summed E-state index contributed by atoms with van der Waals surface area (Å²) in [7, 11) is 1.82. The maximum atomic E-state index is 12.9. The molecule has 0 fully saturated rings. The molecule has 0 unspecified atom stereocenters. The fourth-order valence-electron chi connectivity index (χ4n) is 3.24. The Morgan fingerprint density at radius 2 is 1.37 bits per heavy atom. The summed E-state index contributed by atoms with van der Waals surface area (Å²) in [4.78, 5) is 14.6. The van der Waals surface area contributed by atoms with Gasteiger partial charge in [-0.05, 0) is 55.8 Å². The highest BCUT2D eigenvalue weighted by atomic mass is 16.4. The minimum atomic E-state index is -0.0382. The van der Waals surface area contributed by atoms with E-state index in [1.54, 1.807) is 17.0 Å². The first-order chi connectivity index (χ1) is 14.5. The van der Waals surface area contributed by atoms with E-state index in [9.17, 15) is 4.79 Å². The molecule has 4 aromatic rings. The monoisotopic (exact) mass is 397 g/mol. The molecule has 0 bridgehead atoms. The number of aryl methyl sites for hydroxylation is 1. The van der Waals surface area contributed by atoms with Crippen molar-refractivity contribution in [2.45, 2.75) is 19.9 Å². The van der Waals surface area contributed by atoms with Gasteiger partial charge in [-0.15, -0.1) is 10.2 Å². The number of benzene rings is 3. The maximum Gasteiger partial charge on any atom is 0.254 e. The van der Waals surface area contributed by atoms with Crippen molar-refractivity contribution in [1.29, 1.82) is 0 Å². The van der Waals surface area contributed by atoms with Crippen LogP contribution in [-0.4, -0.2) is 28.1 Å². The standard InChI is InChI=1S/C25H23N3O2/c1-17-9-11-20(12-10-17)23-26-27-24(30-23)21-13-15-22(16-14-21)25(29)28(3)18(2)19-7-5-4-6-8-19/h4-16,18H,1-3H3/t18-/m0/s1. The molecule has 5 nitrogen and oxygen atoms in total. The molecule has 0 aliphatic heterocycles. The quantitative estimate of drug-likeness (QED) is 0.443. The first-order valence-electron chi connectivity index (χ1n) is 9.86. The number of carbonyl (C=O) groups is 1. The van der Waals surface area contributed by atoms with Gasteiger partial charge in [0.2, 0.25) is 11.8 Å². The van der Waals surface area contributed by atoms with Crippen molar-refractivity contribution in [3.8, 4) is 22.9 Å². The highest BCUT2D eigenvalue weighted by Gasteiger charge is 2.19. The second kappa shape index (κ2) is 8.33.